The van der Waals surface area contributed by atoms with E-state index in [1.807, 2.05) is 0 Å². The molecule has 0 aliphatic heterocycles. The largest absolute Gasteiger partial charge is 0.504 e. The van der Waals surface area contributed by atoms with E-state index in [1.165, 1.54) is 0 Å². The lowest BCUT2D eigenvalue weighted by molar-refractivity contribution is 0.466. The van der Waals surface area contributed by atoms with Gasteiger partial charge in [0, 0.05) is 6.54 Å². The molecule has 0 unspecified atom stereocenters. The number of hydrogen-bond acceptors (Lipinski definition) is 5. The van der Waals surface area contributed by atoms with Crippen LogP contribution in [0.1, 0.15) is 6.92 Å². The Morgan fingerprint density at radius 2 is 2.21 bits per heavy atom. The molecule has 1 aromatic rings. The van der Waals surface area contributed by atoms with Crippen LogP contribution in [0.25, 0.3) is 0 Å². The zero-order valence-electron chi connectivity index (χ0n) is 7.24. The number of nitrogen functional groups attached to an aromatic ring is 1. The molecule has 1 rings (SSSR count). The molecule has 0 amide bonds. The van der Waals surface area contributed by atoms with Crippen molar-refractivity contribution in [2.45, 2.75) is 11.1 Å². The Bertz CT molecular complexity index is 440. The predicted molar refractivity (Wildman–Crippen MR) is 56.3 cm³/mol. The number of anilines is 1. The van der Waals surface area contributed by atoms with Gasteiger partial charge in [0.25, 0.3) is 10.0 Å². The summed E-state index contributed by atoms with van der Waals surface area (Å²) in [5.41, 5.74) is 5.23. The van der Waals surface area contributed by atoms with Crippen LogP contribution in [0.15, 0.2) is 4.21 Å². The molecular formula is C6H9ClN2O3S2. The number of hydrogen-bond donors (Lipinski definition) is 3. The first-order valence-electron chi connectivity index (χ1n) is 3.66. The fraction of sp³-hybridized carbons (Fsp3) is 0.333. The van der Waals surface area contributed by atoms with Gasteiger partial charge < -0.3 is 10.8 Å². The Balaban J connectivity index is 3.27. The van der Waals surface area contributed by atoms with Gasteiger partial charge >= 0.3 is 0 Å². The minimum atomic E-state index is -3.69. The van der Waals surface area contributed by atoms with Crippen molar-refractivity contribution < 1.29 is 13.5 Å². The van der Waals surface area contributed by atoms with E-state index in [-0.39, 0.29) is 20.8 Å². The predicted octanol–water partition coefficient (Wildman–Crippen LogP) is 0.987. The van der Waals surface area contributed by atoms with E-state index in [1.54, 1.807) is 6.92 Å². The maximum Gasteiger partial charge on any atom is 0.253 e. The summed E-state index contributed by atoms with van der Waals surface area (Å²) in [6, 6.07) is 0. The highest BCUT2D eigenvalue weighted by Gasteiger charge is 2.24. The second-order valence-corrected chi connectivity index (χ2v) is 6.01. The molecule has 1 heterocycles. The Morgan fingerprint density at radius 1 is 1.64 bits per heavy atom. The first-order valence-corrected chi connectivity index (χ1v) is 6.34. The molecule has 0 spiro atoms. The van der Waals surface area contributed by atoms with Gasteiger partial charge in [-0.2, -0.15) is 0 Å². The first kappa shape index (κ1) is 11.6. The van der Waals surface area contributed by atoms with Crippen LogP contribution >= 0.6 is 22.9 Å². The molecule has 0 aliphatic carbocycles. The van der Waals surface area contributed by atoms with Crippen molar-refractivity contribution in [2.75, 3.05) is 12.3 Å². The Labute approximate surface area is 90.5 Å². The summed E-state index contributed by atoms with van der Waals surface area (Å²) in [6.07, 6.45) is 0. The molecule has 0 fully saturated rings. The molecule has 1 aromatic heterocycles. The highest BCUT2D eigenvalue weighted by atomic mass is 35.5. The fourth-order valence-corrected chi connectivity index (χ4v) is 3.60. The summed E-state index contributed by atoms with van der Waals surface area (Å²) in [5, 5.41) is 9.36. The van der Waals surface area contributed by atoms with E-state index < -0.39 is 15.8 Å². The second-order valence-electron chi connectivity index (χ2n) is 2.43. The monoisotopic (exact) mass is 256 g/mol. The molecule has 14 heavy (non-hydrogen) atoms. The van der Waals surface area contributed by atoms with E-state index in [2.05, 4.69) is 4.72 Å². The lowest BCUT2D eigenvalue weighted by Crippen LogP contribution is -2.22. The summed E-state index contributed by atoms with van der Waals surface area (Å²) in [4.78, 5) is 0. The molecule has 80 valence electrons. The van der Waals surface area contributed by atoms with E-state index >= 15 is 0 Å². The van der Waals surface area contributed by atoms with Gasteiger partial charge in [-0.25, -0.2) is 13.1 Å². The zero-order valence-corrected chi connectivity index (χ0v) is 9.63. The average molecular weight is 257 g/mol. The Hall–Kier alpha value is -0.500. The van der Waals surface area contributed by atoms with E-state index in [0.29, 0.717) is 0 Å². The van der Waals surface area contributed by atoms with Crippen LogP contribution in [0.5, 0.6) is 5.75 Å². The third-order valence-corrected chi connectivity index (χ3v) is 4.89. The smallest absolute Gasteiger partial charge is 0.253 e. The molecule has 5 nitrogen and oxygen atoms in total. The highest BCUT2D eigenvalue weighted by molar-refractivity contribution is 7.91. The van der Waals surface area contributed by atoms with Gasteiger partial charge in [-0.3, -0.25) is 0 Å². The van der Waals surface area contributed by atoms with Gasteiger partial charge in [0.05, 0.1) is 0 Å². The van der Waals surface area contributed by atoms with Crippen molar-refractivity contribution in [1.82, 2.24) is 4.72 Å². The van der Waals surface area contributed by atoms with Crippen LogP contribution in [0.4, 0.5) is 5.69 Å². The molecule has 0 saturated carbocycles. The van der Waals surface area contributed by atoms with Gasteiger partial charge in [-0.05, 0) is 0 Å². The minimum Gasteiger partial charge on any atom is -0.504 e. The molecule has 0 bridgehead atoms. The van der Waals surface area contributed by atoms with Gasteiger partial charge in [0.1, 0.15) is 10.0 Å². The van der Waals surface area contributed by atoms with E-state index in [9.17, 15) is 13.5 Å². The fourth-order valence-electron chi connectivity index (χ4n) is 0.825. The molecule has 0 aromatic carbocycles. The van der Waals surface area contributed by atoms with Crippen molar-refractivity contribution in [3.8, 4) is 5.75 Å². The second kappa shape index (κ2) is 3.93. The van der Waals surface area contributed by atoms with Crippen molar-refractivity contribution in [3.05, 3.63) is 4.34 Å². The first-order chi connectivity index (χ1) is 6.40. The van der Waals surface area contributed by atoms with Crippen LogP contribution in [0.3, 0.4) is 0 Å². The normalized spacial score (nSPS) is 11.9. The van der Waals surface area contributed by atoms with Crippen molar-refractivity contribution >= 4 is 38.6 Å². The van der Waals surface area contributed by atoms with Crippen LogP contribution in [0, 0.1) is 0 Å². The summed E-state index contributed by atoms with van der Waals surface area (Å²) >= 11 is 6.31. The molecule has 0 atom stereocenters. The Kier molecular flexibility index (Phi) is 3.25. The SMILES string of the molecule is CCNS(=O)(=O)c1sc(Cl)c(N)c1O. The topological polar surface area (TPSA) is 92.4 Å². The van der Waals surface area contributed by atoms with Gasteiger partial charge in [-0.1, -0.05) is 18.5 Å². The summed E-state index contributed by atoms with van der Waals surface area (Å²) in [5.74, 6) is -0.485. The number of thiophene rings is 1. The number of nitrogens with two attached hydrogens (primary N) is 1. The van der Waals surface area contributed by atoms with Crippen LogP contribution < -0.4 is 10.5 Å². The number of sulfonamides is 1. The standard InChI is InChI=1S/C6H9ClN2O3S2/c1-2-9-14(11,12)6-4(10)3(8)5(7)13-6/h9-10H,2,8H2,1H3. The molecule has 0 radical (unpaired) electrons. The lowest BCUT2D eigenvalue weighted by Gasteiger charge is -2.01. The molecule has 0 aliphatic rings. The van der Waals surface area contributed by atoms with Crippen LogP contribution in [-0.4, -0.2) is 20.1 Å². The van der Waals surface area contributed by atoms with E-state index in [0.717, 1.165) is 11.3 Å². The quantitative estimate of drug-likeness (QED) is 0.752. The van der Waals surface area contributed by atoms with Crippen molar-refractivity contribution in [1.29, 1.82) is 0 Å². The van der Waals surface area contributed by atoms with Gasteiger partial charge in [-0.15, -0.1) is 11.3 Å². The van der Waals surface area contributed by atoms with Gasteiger partial charge in [0.15, 0.2) is 9.96 Å². The average Bonchev–Trinajstić information content (AvgIpc) is 2.33. The number of rotatable bonds is 3. The third-order valence-electron chi connectivity index (χ3n) is 1.42. The third kappa shape index (κ3) is 1.95. The van der Waals surface area contributed by atoms with Crippen molar-refractivity contribution in [2.24, 2.45) is 0 Å². The van der Waals surface area contributed by atoms with Crippen LogP contribution in [0.2, 0.25) is 4.34 Å². The molecule has 4 N–H and O–H groups in total. The number of aromatic hydroxyl groups is 1. The number of nitrogens with one attached hydrogen (secondary N) is 1. The summed E-state index contributed by atoms with van der Waals surface area (Å²) < 4.78 is 24.9. The lowest BCUT2D eigenvalue weighted by atomic mass is 10.5. The minimum absolute atomic E-state index is 0.0685. The van der Waals surface area contributed by atoms with Gasteiger partial charge in [0.2, 0.25) is 0 Å². The molecule has 0 saturated heterocycles. The van der Waals surface area contributed by atoms with Crippen LogP contribution in [-0.2, 0) is 10.0 Å². The highest BCUT2D eigenvalue weighted by Crippen LogP contribution is 2.42. The van der Waals surface area contributed by atoms with Crippen molar-refractivity contribution in [3.63, 3.8) is 0 Å². The Morgan fingerprint density at radius 3 is 2.57 bits per heavy atom. The van der Waals surface area contributed by atoms with E-state index in [4.69, 9.17) is 17.3 Å². The molecular weight excluding hydrogens is 248 g/mol. The maximum absolute atomic E-state index is 11.4. The molecule has 8 heteroatoms. The summed E-state index contributed by atoms with van der Waals surface area (Å²) in [6.45, 7) is 1.87. The zero-order chi connectivity index (χ0) is 10.9. The summed E-state index contributed by atoms with van der Waals surface area (Å²) in [7, 11) is -3.69. The number of halogens is 1. The maximum atomic E-state index is 11.4.